The molecule has 0 N–H and O–H groups in total. The molecule has 0 heterocycles. The Kier molecular flexibility index (Phi) is 6.43. The van der Waals surface area contributed by atoms with Crippen LogP contribution in [0.4, 0.5) is 11.4 Å². The maximum Gasteiger partial charge on any atom is 0.333 e. The Labute approximate surface area is 146 Å². The number of nitrogens with zero attached hydrogens (tertiary/aromatic N) is 3. The van der Waals surface area contributed by atoms with Gasteiger partial charge in [-0.15, -0.1) is 5.11 Å². The highest BCUT2D eigenvalue weighted by molar-refractivity contribution is 5.86. The van der Waals surface area contributed by atoms with E-state index in [1.807, 2.05) is 0 Å². The van der Waals surface area contributed by atoms with Crippen LogP contribution in [0.15, 0.2) is 70.9 Å². The molecule has 2 aromatic rings. The average molecular weight is 335 g/mol. The van der Waals surface area contributed by atoms with Crippen LogP contribution in [0.3, 0.4) is 0 Å². The van der Waals surface area contributed by atoms with Gasteiger partial charge in [0.2, 0.25) is 0 Å². The molecule has 25 heavy (non-hydrogen) atoms. The first kappa shape index (κ1) is 17.9. The summed E-state index contributed by atoms with van der Waals surface area (Å²) in [5.41, 5.74) is 1.97. The van der Waals surface area contributed by atoms with Crippen LogP contribution in [-0.2, 0) is 9.53 Å². The number of hydrogen-bond acceptors (Lipinski definition) is 6. The smallest absolute Gasteiger partial charge is 0.333 e. The van der Waals surface area contributed by atoms with Gasteiger partial charge in [-0.1, -0.05) is 18.7 Å². The number of rotatable bonds is 7. The second-order valence-corrected chi connectivity index (χ2v) is 5.09. The average Bonchev–Trinajstić information content (AvgIpc) is 2.64. The van der Waals surface area contributed by atoms with Gasteiger partial charge in [-0.25, -0.2) is 4.79 Å². The van der Waals surface area contributed by atoms with E-state index < -0.39 is 5.97 Å². The van der Waals surface area contributed by atoms with Gasteiger partial charge in [-0.3, -0.25) is 0 Å². The van der Waals surface area contributed by atoms with Gasteiger partial charge in [0.25, 0.3) is 0 Å². The summed E-state index contributed by atoms with van der Waals surface area (Å²) in [6.45, 7) is 5.48. The minimum Gasteiger partial charge on any atom is -0.490 e. The first-order valence-corrected chi connectivity index (χ1v) is 7.56. The first-order valence-electron chi connectivity index (χ1n) is 7.56. The van der Waals surface area contributed by atoms with Crippen molar-refractivity contribution in [2.45, 2.75) is 6.92 Å². The lowest BCUT2D eigenvalue weighted by molar-refractivity contribution is -0.139. The van der Waals surface area contributed by atoms with Crippen LogP contribution in [0.5, 0.6) is 5.75 Å². The molecule has 0 aliphatic heterocycles. The zero-order valence-corrected chi connectivity index (χ0v) is 13.8. The van der Waals surface area contributed by atoms with Crippen LogP contribution in [0, 0.1) is 11.3 Å². The number of carbonyl (C=O) groups is 1. The third-order valence-electron chi connectivity index (χ3n) is 3.07. The number of benzene rings is 2. The molecule has 0 radical (unpaired) electrons. The van der Waals surface area contributed by atoms with Crippen molar-refractivity contribution < 1.29 is 14.3 Å². The summed E-state index contributed by atoms with van der Waals surface area (Å²) in [6, 6.07) is 16.0. The predicted molar refractivity (Wildman–Crippen MR) is 93.0 cm³/mol. The lowest BCUT2D eigenvalue weighted by Gasteiger charge is -2.07. The van der Waals surface area contributed by atoms with Gasteiger partial charge in [-0.05, 0) is 43.3 Å². The van der Waals surface area contributed by atoms with E-state index in [1.54, 1.807) is 55.5 Å². The molecule has 0 spiro atoms. The van der Waals surface area contributed by atoms with Crippen LogP contribution in [0.1, 0.15) is 12.5 Å². The largest absolute Gasteiger partial charge is 0.490 e. The quantitative estimate of drug-likeness (QED) is 0.323. The lowest BCUT2D eigenvalue weighted by Crippen LogP contribution is -2.12. The number of ether oxygens (including phenoxy) is 2. The highest BCUT2D eigenvalue weighted by atomic mass is 16.6. The van der Waals surface area contributed by atoms with Crippen molar-refractivity contribution >= 4 is 17.3 Å². The van der Waals surface area contributed by atoms with Crippen LogP contribution in [0.2, 0.25) is 0 Å². The summed E-state index contributed by atoms with van der Waals surface area (Å²) < 4.78 is 10.4. The van der Waals surface area contributed by atoms with Gasteiger partial charge in [0.15, 0.2) is 0 Å². The van der Waals surface area contributed by atoms with E-state index >= 15 is 0 Å². The van der Waals surface area contributed by atoms with E-state index in [9.17, 15) is 4.79 Å². The van der Waals surface area contributed by atoms with Crippen molar-refractivity contribution in [2.75, 3.05) is 13.2 Å². The summed E-state index contributed by atoms with van der Waals surface area (Å²) in [7, 11) is 0. The van der Waals surface area contributed by atoms with E-state index in [0.29, 0.717) is 28.3 Å². The van der Waals surface area contributed by atoms with E-state index in [-0.39, 0.29) is 13.2 Å². The van der Waals surface area contributed by atoms with Gasteiger partial charge in [0.1, 0.15) is 30.7 Å². The lowest BCUT2D eigenvalue weighted by atomic mass is 10.2. The molecular formula is C19H17N3O3. The topological polar surface area (TPSA) is 84.0 Å². The Morgan fingerprint density at radius 3 is 2.52 bits per heavy atom. The standard InChI is InChI=1S/C19H17N3O3/c1-14(2)19(23)25-12-11-24-17-9-7-16(8-10-17)21-22-18-6-4-3-5-15(18)13-20/h3-10H,1,11-12H2,2H3. The molecule has 0 aliphatic rings. The van der Waals surface area contributed by atoms with Gasteiger partial charge >= 0.3 is 5.97 Å². The molecule has 0 unspecified atom stereocenters. The Morgan fingerprint density at radius 2 is 1.84 bits per heavy atom. The molecule has 0 saturated carbocycles. The molecular weight excluding hydrogens is 318 g/mol. The molecule has 126 valence electrons. The second kappa shape index (κ2) is 8.99. The highest BCUT2D eigenvalue weighted by Crippen LogP contribution is 2.23. The van der Waals surface area contributed by atoms with Crippen molar-refractivity contribution in [2.24, 2.45) is 10.2 Å². The molecule has 2 rings (SSSR count). The monoisotopic (exact) mass is 335 g/mol. The van der Waals surface area contributed by atoms with Crippen LogP contribution < -0.4 is 4.74 Å². The molecule has 6 heteroatoms. The number of esters is 1. The van der Waals surface area contributed by atoms with Gasteiger partial charge < -0.3 is 9.47 Å². The molecule has 0 atom stereocenters. The molecule has 0 aliphatic carbocycles. The van der Waals surface area contributed by atoms with E-state index in [0.717, 1.165) is 0 Å². The number of hydrogen-bond donors (Lipinski definition) is 0. The molecule has 0 bridgehead atoms. The minimum absolute atomic E-state index is 0.151. The third-order valence-corrected chi connectivity index (χ3v) is 3.07. The SMILES string of the molecule is C=C(C)C(=O)OCCOc1ccc(N=Nc2ccccc2C#N)cc1. The molecule has 0 aromatic heterocycles. The Bertz CT molecular complexity index is 821. The second-order valence-electron chi connectivity index (χ2n) is 5.09. The summed E-state index contributed by atoms with van der Waals surface area (Å²) in [4.78, 5) is 11.2. The van der Waals surface area contributed by atoms with Crippen LogP contribution in [0.25, 0.3) is 0 Å². The van der Waals surface area contributed by atoms with Crippen molar-refractivity contribution in [3.8, 4) is 11.8 Å². The fraction of sp³-hybridized carbons (Fsp3) is 0.158. The summed E-state index contributed by atoms with van der Waals surface area (Å²) in [6.07, 6.45) is 0. The van der Waals surface area contributed by atoms with E-state index in [1.165, 1.54) is 0 Å². The van der Waals surface area contributed by atoms with Crippen molar-refractivity contribution in [3.05, 3.63) is 66.2 Å². The Balaban J connectivity index is 1.87. The Hall–Kier alpha value is -3.46. The summed E-state index contributed by atoms with van der Waals surface area (Å²) in [5, 5.41) is 17.2. The number of azo groups is 1. The van der Waals surface area contributed by atoms with E-state index in [4.69, 9.17) is 14.7 Å². The molecule has 2 aromatic carbocycles. The zero-order chi connectivity index (χ0) is 18.1. The van der Waals surface area contributed by atoms with Crippen molar-refractivity contribution in [3.63, 3.8) is 0 Å². The Morgan fingerprint density at radius 1 is 1.12 bits per heavy atom. The normalized spacial score (nSPS) is 10.2. The molecule has 0 fully saturated rings. The molecule has 0 saturated heterocycles. The van der Waals surface area contributed by atoms with Gasteiger partial charge in [0, 0.05) is 5.57 Å². The van der Waals surface area contributed by atoms with Crippen molar-refractivity contribution in [1.29, 1.82) is 5.26 Å². The minimum atomic E-state index is -0.433. The van der Waals surface area contributed by atoms with Crippen molar-refractivity contribution in [1.82, 2.24) is 0 Å². The molecule has 0 amide bonds. The maximum absolute atomic E-state index is 11.2. The maximum atomic E-state index is 11.2. The third kappa shape index (κ3) is 5.59. The van der Waals surface area contributed by atoms with E-state index in [2.05, 4.69) is 22.9 Å². The highest BCUT2D eigenvalue weighted by Gasteiger charge is 2.03. The van der Waals surface area contributed by atoms with Gasteiger partial charge in [0.05, 0.1) is 11.3 Å². The van der Waals surface area contributed by atoms with Crippen LogP contribution >= 0.6 is 0 Å². The predicted octanol–water partition coefficient (Wildman–Crippen LogP) is 4.47. The fourth-order valence-electron chi connectivity index (χ4n) is 1.79. The summed E-state index contributed by atoms with van der Waals surface area (Å²) >= 11 is 0. The van der Waals surface area contributed by atoms with Crippen LogP contribution in [-0.4, -0.2) is 19.2 Å². The summed E-state index contributed by atoms with van der Waals surface area (Å²) in [5.74, 6) is 0.194. The fourth-order valence-corrected chi connectivity index (χ4v) is 1.79. The van der Waals surface area contributed by atoms with Gasteiger partial charge in [-0.2, -0.15) is 10.4 Å². The first-order chi connectivity index (χ1) is 12.1. The number of nitriles is 1. The number of carbonyl (C=O) groups excluding carboxylic acids is 1. The molecule has 6 nitrogen and oxygen atoms in total. The zero-order valence-electron chi connectivity index (χ0n) is 13.8.